The fourth-order valence-electron chi connectivity index (χ4n) is 5.73. The van der Waals surface area contributed by atoms with E-state index in [0.717, 1.165) is 0 Å². The molecule has 0 atom stereocenters. The SMILES string of the molecule is CC(C)(C)c1ccc2c(c1)c1ccc3c(c4ccccc4n3-c3ccccc3)c1n2-c1ccccc1. The minimum absolute atomic E-state index is 0.0861. The third kappa shape index (κ3) is 2.97. The second-order valence-electron chi connectivity index (χ2n) is 10.7. The van der Waals surface area contributed by atoms with Crippen LogP contribution >= 0.6 is 0 Å². The number of fused-ring (bicyclic) bond motifs is 7. The van der Waals surface area contributed by atoms with Crippen LogP contribution in [0.4, 0.5) is 0 Å². The summed E-state index contributed by atoms with van der Waals surface area (Å²) < 4.78 is 4.86. The van der Waals surface area contributed by atoms with Crippen LogP contribution < -0.4 is 0 Å². The first kappa shape index (κ1) is 21.0. The van der Waals surface area contributed by atoms with E-state index in [4.69, 9.17) is 0 Å². The molecule has 0 spiro atoms. The zero-order valence-electron chi connectivity index (χ0n) is 20.9. The number of para-hydroxylation sites is 3. The number of hydrogen-bond acceptors (Lipinski definition) is 0. The van der Waals surface area contributed by atoms with E-state index >= 15 is 0 Å². The van der Waals surface area contributed by atoms with Crippen molar-refractivity contribution in [2.75, 3.05) is 0 Å². The molecule has 0 N–H and O–H groups in total. The van der Waals surface area contributed by atoms with Gasteiger partial charge in [-0.25, -0.2) is 0 Å². The lowest BCUT2D eigenvalue weighted by Gasteiger charge is -2.19. The van der Waals surface area contributed by atoms with Gasteiger partial charge in [0.15, 0.2) is 0 Å². The lowest BCUT2D eigenvalue weighted by atomic mass is 9.86. The Morgan fingerprint density at radius 1 is 0.472 bits per heavy atom. The first-order valence-corrected chi connectivity index (χ1v) is 12.6. The summed E-state index contributed by atoms with van der Waals surface area (Å²) in [5.74, 6) is 0. The zero-order valence-corrected chi connectivity index (χ0v) is 20.9. The number of benzene rings is 5. The van der Waals surface area contributed by atoms with E-state index in [0.29, 0.717) is 0 Å². The molecule has 2 nitrogen and oxygen atoms in total. The van der Waals surface area contributed by atoms with E-state index in [-0.39, 0.29) is 5.41 Å². The summed E-state index contributed by atoms with van der Waals surface area (Å²) in [5, 5.41) is 5.17. The van der Waals surface area contributed by atoms with E-state index in [2.05, 4.69) is 145 Å². The first-order chi connectivity index (χ1) is 17.5. The molecular formula is C34H28N2. The molecule has 2 aromatic heterocycles. The lowest BCUT2D eigenvalue weighted by Crippen LogP contribution is -2.10. The van der Waals surface area contributed by atoms with Crippen LogP contribution in [0.25, 0.3) is 55.0 Å². The Balaban J connectivity index is 1.73. The number of rotatable bonds is 2. The Morgan fingerprint density at radius 2 is 1.06 bits per heavy atom. The van der Waals surface area contributed by atoms with Gasteiger partial charge >= 0.3 is 0 Å². The lowest BCUT2D eigenvalue weighted by molar-refractivity contribution is 0.591. The van der Waals surface area contributed by atoms with E-state index in [1.165, 1.54) is 60.5 Å². The van der Waals surface area contributed by atoms with Crippen molar-refractivity contribution in [3.63, 3.8) is 0 Å². The predicted molar refractivity (Wildman–Crippen MR) is 154 cm³/mol. The minimum Gasteiger partial charge on any atom is -0.309 e. The van der Waals surface area contributed by atoms with Crippen molar-refractivity contribution in [1.82, 2.24) is 9.13 Å². The fraction of sp³-hybridized carbons (Fsp3) is 0.118. The number of hydrogen-bond donors (Lipinski definition) is 0. The van der Waals surface area contributed by atoms with Gasteiger partial charge in [0.2, 0.25) is 0 Å². The summed E-state index contributed by atoms with van der Waals surface area (Å²) in [6.45, 7) is 6.86. The highest BCUT2D eigenvalue weighted by molar-refractivity contribution is 6.26. The molecule has 0 fully saturated rings. The van der Waals surface area contributed by atoms with Gasteiger partial charge in [-0.15, -0.1) is 0 Å². The highest BCUT2D eigenvalue weighted by atomic mass is 15.0. The van der Waals surface area contributed by atoms with Crippen molar-refractivity contribution in [2.45, 2.75) is 26.2 Å². The normalized spacial score (nSPS) is 12.3. The standard InChI is InChI=1S/C34H28N2/c1-34(2,3)23-18-20-30-28(22-23)26-19-21-31-32(33(26)36(30)25-14-8-5-9-15-25)27-16-10-11-17-29(27)35(31)24-12-6-4-7-13-24/h4-22H,1-3H3. The molecular weight excluding hydrogens is 436 g/mol. The largest absolute Gasteiger partial charge is 0.309 e. The van der Waals surface area contributed by atoms with E-state index < -0.39 is 0 Å². The summed E-state index contributed by atoms with van der Waals surface area (Å²) in [6.07, 6.45) is 0. The van der Waals surface area contributed by atoms with Crippen molar-refractivity contribution in [3.05, 3.63) is 121 Å². The first-order valence-electron chi connectivity index (χ1n) is 12.6. The summed E-state index contributed by atoms with van der Waals surface area (Å²) >= 11 is 0. The molecule has 0 bridgehead atoms. The van der Waals surface area contributed by atoms with Gasteiger partial charge in [-0.05, 0) is 59.5 Å². The molecule has 174 valence electrons. The molecule has 0 radical (unpaired) electrons. The molecule has 0 aliphatic carbocycles. The Labute approximate surface area is 211 Å². The molecule has 7 rings (SSSR count). The molecule has 0 unspecified atom stereocenters. The van der Waals surface area contributed by atoms with Crippen LogP contribution in [0.1, 0.15) is 26.3 Å². The van der Waals surface area contributed by atoms with Crippen LogP contribution in [-0.4, -0.2) is 9.13 Å². The Hall–Kier alpha value is -4.30. The van der Waals surface area contributed by atoms with Crippen LogP contribution in [0, 0.1) is 0 Å². The topological polar surface area (TPSA) is 9.86 Å². The molecule has 5 aromatic carbocycles. The summed E-state index contributed by atoms with van der Waals surface area (Å²) in [7, 11) is 0. The summed E-state index contributed by atoms with van der Waals surface area (Å²) in [4.78, 5) is 0. The van der Waals surface area contributed by atoms with E-state index in [9.17, 15) is 0 Å². The monoisotopic (exact) mass is 464 g/mol. The average Bonchev–Trinajstić information content (AvgIpc) is 3.41. The van der Waals surface area contributed by atoms with Crippen LogP contribution in [0.15, 0.2) is 115 Å². The van der Waals surface area contributed by atoms with E-state index in [1.54, 1.807) is 0 Å². The Bertz CT molecular complexity index is 1900. The molecule has 0 aliphatic rings. The molecule has 2 heterocycles. The second-order valence-corrected chi connectivity index (χ2v) is 10.7. The van der Waals surface area contributed by atoms with E-state index in [1.807, 2.05) is 0 Å². The van der Waals surface area contributed by atoms with Crippen LogP contribution in [0.2, 0.25) is 0 Å². The van der Waals surface area contributed by atoms with Crippen molar-refractivity contribution in [3.8, 4) is 11.4 Å². The Kier molecular flexibility index (Phi) is 4.44. The van der Waals surface area contributed by atoms with Gasteiger partial charge in [0, 0.05) is 32.9 Å². The number of nitrogens with zero attached hydrogens (tertiary/aromatic N) is 2. The second kappa shape index (κ2) is 7.60. The van der Waals surface area contributed by atoms with Gasteiger partial charge < -0.3 is 9.13 Å². The quantitative estimate of drug-likeness (QED) is 0.241. The van der Waals surface area contributed by atoms with Crippen LogP contribution in [0.3, 0.4) is 0 Å². The number of aromatic nitrogens is 2. The van der Waals surface area contributed by atoms with Crippen LogP contribution in [-0.2, 0) is 5.41 Å². The molecule has 0 saturated heterocycles. The molecule has 36 heavy (non-hydrogen) atoms. The molecule has 0 amide bonds. The van der Waals surface area contributed by atoms with Gasteiger partial charge in [0.1, 0.15) is 0 Å². The van der Waals surface area contributed by atoms with Crippen molar-refractivity contribution >= 4 is 43.6 Å². The summed E-state index contributed by atoms with van der Waals surface area (Å²) in [5.41, 5.74) is 8.78. The smallest absolute Gasteiger partial charge is 0.0641 e. The third-order valence-corrected chi connectivity index (χ3v) is 7.46. The maximum atomic E-state index is 2.46. The summed E-state index contributed by atoms with van der Waals surface area (Å²) in [6, 6.07) is 41.9. The minimum atomic E-state index is 0.0861. The highest BCUT2D eigenvalue weighted by Crippen LogP contribution is 2.42. The van der Waals surface area contributed by atoms with Gasteiger partial charge in [-0.2, -0.15) is 0 Å². The van der Waals surface area contributed by atoms with Gasteiger partial charge in [-0.3, -0.25) is 0 Å². The van der Waals surface area contributed by atoms with Crippen molar-refractivity contribution in [2.24, 2.45) is 0 Å². The van der Waals surface area contributed by atoms with Gasteiger partial charge in [-0.1, -0.05) is 87.5 Å². The predicted octanol–water partition coefficient (Wildman–Crippen LogP) is 9.18. The van der Waals surface area contributed by atoms with Crippen molar-refractivity contribution < 1.29 is 0 Å². The molecule has 0 aliphatic heterocycles. The van der Waals surface area contributed by atoms with Crippen LogP contribution in [0.5, 0.6) is 0 Å². The molecule has 0 saturated carbocycles. The van der Waals surface area contributed by atoms with Gasteiger partial charge in [0.05, 0.1) is 22.1 Å². The van der Waals surface area contributed by atoms with Crippen molar-refractivity contribution in [1.29, 1.82) is 0 Å². The third-order valence-electron chi connectivity index (χ3n) is 7.46. The van der Waals surface area contributed by atoms with Gasteiger partial charge in [0.25, 0.3) is 0 Å². The highest BCUT2D eigenvalue weighted by Gasteiger charge is 2.22. The average molecular weight is 465 g/mol. The zero-order chi connectivity index (χ0) is 24.4. The maximum absolute atomic E-state index is 2.46. The maximum Gasteiger partial charge on any atom is 0.0641 e. The Morgan fingerprint density at radius 3 is 1.75 bits per heavy atom. The fourth-order valence-corrected chi connectivity index (χ4v) is 5.73. The molecule has 2 heteroatoms. The molecule has 7 aromatic rings.